The van der Waals surface area contributed by atoms with Gasteiger partial charge in [0.25, 0.3) is 0 Å². The van der Waals surface area contributed by atoms with E-state index in [4.69, 9.17) is 14.2 Å². The Morgan fingerprint density at radius 1 is 1.02 bits per heavy atom. The molecule has 9 nitrogen and oxygen atoms in total. The predicted octanol–water partition coefficient (Wildman–Crippen LogP) is 2.41. The lowest BCUT2D eigenvalue weighted by molar-refractivity contribution is -0.160. The first kappa shape index (κ1) is 29.1. The van der Waals surface area contributed by atoms with Crippen molar-refractivity contribution >= 4 is 47.6 Å². The Hall–Kier alpha value is -4.66. The first-order valence-electron chi connectivity index (χ1n) is 15.7. The van der Waals surface area contributed by atoms with Crippen molar-refractivity contribution in [3.8, 4) is 0 Å². The van der Waals surface area contributed by atoms with Crippen LogP contribution in [0.15, 0.2) is 12.3 Å². The zero-order valence-corrected chi connectivity index (χ0v) is 26.7. The molecule has 3 aromatic rings. The van der Waals surface area contributed by atoms with Gasteiger partial charge in [0.15, 0.2) is 0 Å². The van der Waals surface area contributed by atoms with Crippen LogP contribution in [-0.4, -0.2) is 46.8 Å². The molecule has 6 heterocycles. The number of carbonyl (C=O) groups is 2. The Balaban J connectivity index is 1.57. The third kappa shape index (κ3) is 4.35. The van der Waals surface area contributed by atoms with Crippen molar-refractivity contribution < 1.29 is 23.8 Å². The molecule has 4 N–H and O–H groups in total. The summed E-state index contributed by atoms with van der Waals surface area (Å²) in [6.07, 6.45) is 10.1. The second-order valence-corrected chi connectivity index (χ2v) is 12.6. The number of rotatable bonds is 5. The second kappa shape index (κ2) is 10.8. The fourth-order valence-corrected chi connectivity index (χ4v) is 7.91. The molecule has 1 aliphatic carbocycles. The van der Waals surface area contributed by atoms with E-state index in [0.29, 0.717) is 12.2 Å². The van der Waals surface area contributed by atoms with Crippen LogP contribution in [0.4, 0.5) is 0 Å². The van der Waals surface area contributed by atoms with E-state index in [1.807, 2.05) is 6.08 Å². The molecule has 4 atom stereocenters. The lowest BCUT2D eigenvalue weighted by Gasteiger charge is -2.29. The first-order valence-corrected chi connectivity index (χ1v) is 15.7. The van der Waals surface area contributed by atoms with E-state index in [-0.39, 0.29) is 43.0 Å². The summed E-state index contributed by atoms with van der Waals surface area (Å²) in [4.78, 5) is 36.9. The van der Waals surface area contributed by atoms with Crippen LogP contribution in [0.5, 0.6) is 0 Å². The predicted molar refractivity (Wildman–Crippen MR) is 173 cm³/mol. The Bertz CT molecular complexity index is 2070. The lowest BCUT2D eigenvalue weighted by atomic mass is 9.80. The van der Waals surface area contributed by atoms with Crippen molar-refractivity contribution in [2.45, 2.75) is 59.9 Å². The standard InChI is InChI=1S/C36H40N4O5/c1-8-20-16(3)23-12-25-18(5)22(10-11-29(41)43-7)33(39-25)31-32-35(44-15-45-36(32)42)30-19(6)26(40-34(30)31)14-28-21(9-2)17(4)24(38-28)13-27(20)37-23/h8,12-14,18,22,32-33,37-40H,1,9-11,15H2,2-7H3/b24-13-,25-12-,28-14-/t18-,22-,32+,33?/m0/s1. The van der Waals surface area contributed by atoms with Crippen molar-refractivity contribution in [1.29, 1.82) is 0 Å². The minimum absolute atomic E-state index is 0.000872. The molecule has 9 heteroatoms. The summed E-state index contributed by atoms with van der Waals surface area (Å²) in [5.74, 6) is -0.542. The van der Waals surface area contributed by atoms with Gasteiger partial charge in [-0.05, 0) is 85.6 Å². The quantitative estimate of drug-likeness (QED) is 0.330. The first-order chi connectivity index (χ1) is 21.7. The number of aromatic amines is 3. The molecule has 0 spiro atoms. The second-order valence-electron chi connectivity index (χ2n) is 12.6. The number of methoxy groups -OCH3 is 1. The van der Waals surface area contributed by atoms with Crippen LogP contribution in [0.1, 0.15) is 71.6 Å². The molecular weight excluding hydrogens is 568 g/mol. The topological polar surface area (TPSA) is 121 Å². The minimum atomic E-state index is -0.664. The Labute approximate surface area is 261 Å². The molecule has 2 fully saturated rings. The molecule has 0 saturated carbocycles. The number of cyclic esters (lactones) is 1. The van der Waals surface area contributed by atoms with Gasteiger partial charge in [-0.2, -0.15) is 0 Å². The van der Waals surface area contributed by atoms with E-state index in [1.54, 1.807) is 0 Å². The van der Waals surface area contributed by atoms with Gasteiger partial charge in [0.2, 0.25) is 6.79 Å². The number of allylic oxidation sites excluding steroid dienone is 1. The van der Waals surface area contributed by atoms with Gasteiger partial charge in [0.1, 0.15) is 11.7 Å². The molecule has 45 heavy (non-hydrogen) atoms. The van der Waals surface area contributed by atoms with Gasteiger partial charge in [0.05, 0.1) is 18.5 Å². The number of fused-ring (bicyclic) bond motifs is 10. The number of hydrogen-bond acceptors (Lipinski definition) is 6. The van der Waals surface area contributed by atoms with Gasteiger partial charge >= 0.3 is 11.9 Å². The Kier molecular flexibility index (Phi) is 6.95. The third-order valence-electron chi connectivity index (χ3n) is 10.4. The van der Waals surface area contributed by atoms with E-state index in [1.165, 1.54) is 18.2 Å². The molecule has 0 aromatic carbocycles. The van der Waals surface area contributed by atoms with E-state index in [2.05, 4.69) is 79.7 Å². The summed E-state index contributed by atoms with van der Waals surface area (Å²) in [6, 6.07) is -0.254. The molecular formula is C36H40N4O5. The van der Waals surface area contributed by atoms with Crippen LogP contribution in [-0.2, 0) is 30.2 Å². The van der Waals surface area contributed by atoms with Crippen molar-refractivity contribution in [2.75, 3.05) is 13.9 Å². The number of ether oxygens (including phenoxy) is 3. The van der Waals surface area contributed by atoms with Crippen molar-refractivity contribution in [2.24, 2.45) is 17.8 Å². The van der Waals surface area contributed by atoms with E-state index in [0.717, 1.165) is 72.7 Å². The van der Waals surface area contributed by atoms with Crippen LogP contribution in [0, 0.1) is 38.5 Å². The van der Waals surface area contributed by atoms with Crippen LogP contribution in [0.2, 0.25) is 0 Å². The maximum absolute atomic E-state index is 13.5. The van der Waals surface area contributed by atoms with Crippen LogP contribution in [0.25, 0.3) is 35.6 Å². The van der Waals surface area contributed by atoms with Crippen molar-refractivity contribution in [3.63, 3.8) is 0 Å². The molecule has 3 aliphatic heterocycles. The number of H-pyrrole nitrogens is 3. The van der Waals surface area contributed by atoms with Crippen LogP contribution < -0.4 is 26.6 Å². The summed E-state index contributed by atoms with van der Waals surface area (Å²) < 4.78 is 16.6. The molecule has 4 aliphatic rings. The molecule has 3 aromatic heterocycles. The van der Waals surface area contributed by atoms with E-state index in [9.17, 15) is 9.59 Å². The molecule has 1 unspecified atom stereocenters. The molecule has 0 amide bonds. The van der Waals surface area contributed by atoms with Gasteiger partial charge in [-0.1, -0.05) is 26.5 Å². The van der Waals surface area contributed by atoms with Gasteiger partial charge in [-0.15, -0.1) is 0 Å². The maximum Gasteiger partial charge on any atom is 0.323 e. The van der Waals surface area contributed by atoms with Gasteiger partial charge in [0, 0.05) is 56.6 Å². The zero-order valence-electron chi connectivity index (χ0n) is 26.7. The largest absolute Gasteiger partial charge is 0.469 e. The average Bonchev–Trinajstić information content (AvgIpc) is 3.77. The number of nitrogens with one attached hydrogen (secondary N) is 4. The Morgan fingerprint density at radius 3 is 2.51 bits per heavy atom. The molecule has 2 saturated heterocycles. The smallest absolute Gasteiger partial charge is 0.323 e. The monoisotopic (exact) mass is 608 g/mol. The molecule has 8 bridgehead atoms. The highest BCUT2D eigenvalue weighted by molar-refractivity contribution is 5.97. The van der Waals surface area contributed by atoms with Crippen molar-refractivity contribution in [1.82, 2.24) is 20.3 Å². The zero-order chi connectivity index (χ0) is 31.7. The summed E-state index contributed by atoms with van der Waals surface area (Å²) >= 11 is 0. The van der Waals surface area contributed by atoms with E-state index >= 15 is 0 Å². The summed E-state index contributed by atoms with van der Waals surface area (Å²) in [7, 11) is 1.42. The van der Waals surface area contributed by atoms with Gasteiger partial charge < -0.3 is 34.5 Å². The number of carbonyl (C=O) groups excluding carboxylic acids is 2. The minimum Gasteiger partial charge on any atom is -0.469 e. The van der Waals surface area contributed by atoms with Gasteiger partial charge in [-0.3, -0.25) is 9.59 Å². The SMILES string of the molecule is C=Cc1c2[nH]c(c1C)/C=C1\NC(C3=c4[nH]c(c(C)c4=C4OCOC(=O)[C@H]34)/C=c3\[nH]/c(c(C)c3CC)=C\2)[C@@H](CCC(=O)OC)[C@@H]1C. The fourth-order valence-electron chi connectivity index (χ4n) is 7.91. The maximum atomic E-state index is 13.5. The van der Waals surface area contributed by atoms with Gasteiger partial charge in [-0.25, -0.2) is 0 Å². The number of esters is 2. The molecule has 7 rings (SSSR count). The highest BCUT2D eigenvalue weighted by Gasteiger charge is 2.48. The average molecular weight is 609 g/mol. The summed E-state index contributed by atoms with van der Waals surface area (Å²) in [6.45, 7) is 14.7. The molecule has 234 valence electrons. The van der Waals surface area contributed by atoms with Crippen LogP contribution in [0.3, 0.4) is 0 Å². The summed E-state index contributed by atoms with van der Waals surface area (Å²) in [5, 5.41) is 7.71. The Morgan fingerprint density at radius 2 is 1.78 bits per heavy atom. The van der Waals surface area contributed by atoms with E-state index < -0.39 is 5.92 Å². The highest BCUT2D eigenvalue weighted by atomic mass is 16.7. The highest BCUT2D eigenvalue weighted by Crippen LogP contribution is 2.43. The number of hydrogen-bond donors (Lipinski definition) is 4. The lowest BCUT2D eigenvalue weighted by Crippen LogP contribution is -2.39. The third-order valence-corrected chi connectivity index (χ3v) is 10.4. The fraction of sp³-hybridized carbons (Fsp3) is 0.389. The normalized spacial score (nSPS) is 25.6. The van der Waals surface area contributed by atoms with Crippen LogP contribution >= 0.6 is 0 Å². The van der Waals surface area contributed by atoms with Crippen molar-refractivity contribution in [3.05, 3.63) is 78.4 Å². The number of aromatic nitrogens is 3. The molecule has 0 radical (unpaired) electrons. The summed E-state index contributed by atoms with van der Waals surface area (Å²) in [5.41, 5.74) is 10.5.